The SMILES string of the molecule is CC(=O)Nc1ccc(OCC(O)COc2cccc([N+](=O)[O-])c2)cc1. The van der Waals surface area contributed by atoms with Crippen LogP contribution in [-0.2, 0) is 4.79 Å². The van der Waals surface area contributed by atoms with Crippen LogP contribution in [0.5, 0.6) is 11.5 Å². The number of nitro groups is 1. The molecule has 8 heteroatoms. The number of anilines is 1. The highest BCUT2D eigenvalue weighted by molar-refractivity contribution is 5.88. The van der Waals surface area contributed by atoms with Gasteiger partial charge in [-0.05, 0) is 30.3 Å². The van der Waals surface area contributed by atoms with Crippen molar-refractivity contribution in [2.75, 3.05) is 18.5 Å². The number of amides is 1. The molecule has 0 aliphatic rings. The number of non-ortho nitro benzene ring substituents is 1. The Morgan fingerprint density at radius 1 is 1.16 bits per heavy atom. The Balaban J connectivity index is 1.78. The zero-order chi connectivity index (χ0) is 18.2. The number of nitro benzene ring substituents is 1. The largest absolute Gasteiger partial charge is 0.491 e. The van der Waals surface area contributed by atoms with E-state index in [0.29, 0.717) is 17.2 Å². The van der Waals surface area contributed by atoms with Crippen molar-refractivity contribution in [2.24, 2.45) is 0 Å². The number of hydrogen-bond acceptors (Lipinski definition) is 6. The van der Waals surface area contributed by atoms with Crippen LogP contribution in [0.3, 0.4) is 0 Å². The summed E-state index contributed by atoms with van der Waals surface area (Å²) in [5.41, 5.74) is 0.567. The summed E-state index contributed by atoms with van der Waals surface area (Å²) in [5.74, 6) is 0.666. The van der Waals surface area contributed by atoms with Crippen LogP contribution >= 0.6 is 0 Å². The van der Waals surface area contributed by atoms with Gasteiger partial charge in [0.2, 0.25) is 5.91 Å². The summed E-state index contributed by atoms with van der Waals surface area (Å²) in [4.78, 5) is 21.1. The minimum Gasteiger partial charge on any atom is -0.491 e. The van der Waals surface area contributed by atoms with Crippen molar-refractivity contribution in [3.8, 4) is 11.5 Å². The Kier molecular flexibility index (Phi) is 6.30. The molecule has 1 amide bonds. The van der Waals surface area contributed by atoms with Gasteiger partial charge < -0.3 is 19.9 Å². The van der Waals surface area contributed by atoms with E-state index in [2.05, 4.69) is 5.32 Å². The molecule has 25 heavy (non-hydrogen) atoms. The third-order valence-electron chi connectivity index (χ3n) is 3.09. The van der Waals surface area contributed by atoms with E-state index >= 15 is 0 Å². The van der Waals surface area contributed by atoms with Gasteiger partial charge in [0.25, 0.3) is 5.69 Å². The molecule has 0 heterocycles. The van der Waals surface area contributed by atoms with Crippen LogP contribution < -0.4 is 14.8 Å². The van der Waals surface area contributed by atoms with Crippen LogP contribution in [0, 0.1) is 10.1 Å². The van der Waals surface area contributed by atoms with Crippen molar-refractivity contribution in [3.05, 3.63) is 58.6 Å². The standard InChI is InChI=1S/C17H18N2O6/c1-12(20)18-13-5-7-16(8-6-13)24-10-15(21)11-25-17-4-2-3-14(9-17)19(22)23/h2-9,15,21H,10-11H2,1H3,(H,18,20). The van der Waals surface area contributed by atoms with Crippen molar-refractivity contribution >= 4 is 17.3 Å². The first kappa shape index (κ1) is 18.2. The lowest BCUT2D eigenvalue weighted by Gasteiger charge is -2.14. The zero-order valence-corrected chi connectivity index (χ0v) is 13.5. The molecule has 0 radical (unpaired) electrons. The van der Waals surface area contributed by atoms with Crippen LogP contribution in [0.4, 0.5) is 11.4 Å². The Morgan fingerprint density at radius 2 is 1.80 bits per heavy atom. The quantitative estimate of drug-likeness (QED) is 0.561. The summed E-state index contributed by atoms with van der Waals surface area (Å²) in [6.45, 7) is 1.35. The maximum Gasteiger partial charge on any atom is 0.273 e. The highest BCUT2D eigenvalue weighted by Crippen LogP contribution is 2.19. The van der Waals surface area contributed by atoms with E-state index in [-0.39, 0.29) is 24.8 Å². The molecule has 0 fully saturated rings. The van der Waals surface area contributed by atoms with Crippen molar-refractivity contribution < 1.29 is 24.3 Å². The molecule has 2 rings (SSSR count). The first-order valence-corrected chi connectivity index (χ1v) is 7.50. The molecule has 1 unspecified atom stereocenters. The smallest absolute Gasteiger partial charge is 0.273 e. The van der Waals surface area contributed by atoms with Gasteiger partial charge in [0, 0.05) is 18.7 Å². The lowest BCUT2D eigenvalue weighted by Crippen LogP contribution is -2.25. The number of aliphatic hydroxyl groups excluding tert-OH is 1. The predicted molar refractivity (Wildman–Crippen MR) is 90.8 cm³/mol. The number of carbonyl (C=O) groups excluding carboxylic acids is 1. The Morgan fingerprint density at radius 3 is 2.40 bits per heavy atom. The summed E-state index contributed by atoms with van der Waals surface area (Å²) in [5, 5.41) is 23.2. The highest BCUT2D eigenvalue weighted by Gasteiger charge is 2.10. The molecule has 0 spiro atoms. The minimum absolute atomic E-state index is 0.00555. The Bertz CT molecular complexity index is 732. The van der Waals surface area contributed by atoms with Crippen molar-refractivity contribution in [2.45, 2.75) is 13.0 Å². The molecule has 1 atom stereocenters. The maximum absolute atomic E-state index is 10.9. The Hall–Kier alpha value is -3.13. The predicted octanol–water partition coefficient (Wildman–Crippen LogP) is 2.37. The van der Waals surface area contributed by atoms with Gasteiger partial charge in [0.1, 0.15) is 30.8 Å². The van der Waals surface area contributed by atoms with Crippen molar-refractivity contribution in [3.63, 3.8) is 0 Å². The van der Waals surface area contributed by atoms with Gasteiger partial charge in [0.05, 0.1) is 11.0 Å². The number of rotatable bonds is 8. The topological polar surface area (TPSA) is 111 Å². The zero-order valence-electron chi connectivity index (χ0n) is 13.5. The lowest BCUT2D eigenvalue weighted by atomic mass is 10.3. The molecule has 2 N–H and O–H groups in total. The fourth-order valence-electron chi connectivity index (χ4n) is 1.96. The second-order valence-corrected chi connectivity index (χ2v) is 5.24. The molecule has 8 nitrogen and oxygen atoms in total. The van der Waals surface area contributed by atoms with Crippen LogP contribution in [0.15, 0.2) is 48.5 Å². The highest BCUT2D eigenvalue weighted by atomic mass is 16.6. The fourth-order valence-corrected chi connectivity index (χ4v) is 1.96. The first-order valence-electron chi connectivity index (χ1n) is 7.50. The average molecular weight is 346 g/mol. The molecule has 0 saturated carbocycles. The van der Waals surface area contributed by atoms with E-state index in [9.17, 15) is 20.0 Å². The number of hydrogen-bond donors (Lipinski definition) is 2. The molecule has 0 aliphatic heterocycles. The van der Waals surface area contributed by atoms with E-state index in [1.165, 1.54) is 25.1 Å². The third kappa shape index (κ3) is 6.11. The number of carbonyl (C=O) groups is 1. The van der Waals surface area contributed by atoms with Crippen molar-refractivity contribution in [1.29, 1.82) is 0 Å². The van der Waals surface area contributed by atoms with Crippen LogP contribution in [0.25, 0.3) is 0 Å². The fraction of sp³-hybridized carbons (Fsp3) is 0.235. The second kappa shape index (κ2) is 8.65. The van der Waals surface area contributed by atoms with Gasteiger partial charge in [-0.15, -0.1) is 0 Å². The van der Waals surface area contributed by atoms with Crippen LogP contribution in [-0.4, -0.2) is 35.3 Å². The number of nitrogens with zero attached hydrogens (tertiary/aromatic N) is 1. The molecule has 2 aromatic carbocycles. The van der Waals surface area contributed by atoms with E-state index in [4.69, 9.17) is 9.47 Å². The molecule has 0 aromatic heterocycles. The van der Waals surface area contributed by atoms with E-state index < -0.39 is 11.0 Å². The summed E-state index contributed by atoms with van der Waals surface area (Å²) >= 11 is 0. The number of ether oxygens (including phenoxy) is 2. The van der Waals surface area contributed by atoms with E-state index in [1.54, 1.807) is 30.3 Å². The van der Waals surface area contributed by atoms with Gasteiger partial charge in [-0.2, -0.15) is 0 Å². The van der Waals surface area contributed by atoms with Gasteiger partial charge in [0.15, 0.2) is 0 Å². The van der Waals surface area contributed by atoms with Gasteiger partial charge in [-0.3, -0.25) is 14.9 Å². The molecular formula is C17H18N2O6. The van der Waals surface area contributed by atoms with Crippen LogP contribution in [0.2, 0.25) is 0 Å². The summed E-state index contributed by atoms with van der Waals surface area (Å²) in [6.07, 6.45) is -0.908. The van der Waals surface area contributed by atoms with Gasteiger partial charge >= 0.3 is 0 Å². The number of nitrogens with one attached hydrogen (secondary N) is 1. The maximum atomic E-state index is 10.9. The minimum atomic E-state index is -0.908. The molecular weight excluding hydrogens is 328 g/mol. The molecule has 0 aliphatic carbocycles. The second-order valence-electron chi connectivity index (χ2n) is 5.24. The van der Waals surface area contributed by atoms with Gasteiger partial charge in [-0.25, -0.2) is 0 Å². The average Bonchev–Trinajstić information content (AvgIpc) is 2.59. The summed E-state index contributed by atoms with van der Waals surface area (Å²) in [6, 6.07) is 12.4. The third-order valence-corrected chi connectivity index (χ3v) is 3.09. The summed E-state index contributed by atoms with van der Waals surface area (Å²) < 4.78 is 10.8. The van der Waals surface area contributed by atoms with E-state index in [0.717, 1.165) is 0 Å². The number of aliphatic hydroxyl groups is 1. The normalized spacial score (nSPS) is 11.4. The molecule has 132 valence electrons. The number of benzene rings is 2. The van der Waals surface area contributed by atoms with Crippen LogP contribution in [0.1, 0.15) is 6.92 Å². The molecule has 0 bridgehead atoms. The first-order chi connectivity index (χ1) is 11.9. The molecule has 0 saturated heterocycles. The summed E-state index contributed by atoms with van der Waals surface area (Å²) in [7, 11) is 0. The van der Waals surface area contributed by atoms with Gasteiger partial charge in [-0.1, -0.05) is 6.07 Å². The lowest BCUT2D eigenvalue weighted by molar-refractivity contribution is -0.384. The Labute approximate surface area is 144 Å². The molecule has 2 aromatic rings. The van der Waals surface area contributed by atoms with Crippen molar-refractivity contribution in [1.82, 2.24) is 0 Å². The monoisotopic (exact) mass is 346 g/mol. The van der Waals surface area contributed by atoms with E-state index in [1.807, 2.05) is 0 Å².